The van der Waals surface area contributed by atoms with Crippen LogP contribution in [0.1, 0.15) is 23.6 Å². The third-order valence-corrected chi connectivity index (χ3v) is 6.21. The molecule has 0 aliphatic rings. The first-order valence-corrected chi connectivity index (χ1v) is 12.9. The van der Waals surface area contributed by atoms with Gasteiger partial charge in [-0.05, 0) is 41.0 Å². The minimum absolute atomic E-state index is 0.0605. The van der Waals surface area contributed by atoms with Gasteiger partial charge in [-0.2, -0.15) is 0 Å². The lowest BCUT2D eigenvalue weighted by Crippen LogP contribution is -2.30. The second kappa shape index (κ2) is 14.1. The highest BCUT2D eigenvalue weighted by Crippen LogP contribution is 2.29. The number of ether oxygens (including phenoxy) is 3. The summed E-state index contributed by atoms with van der Waals surface area (Å²) in [6.07, 6.45) is 0. The molecule has 0 aliphatic heterocycles. The summed E-state index contributed by atoms with van der Waals surface area (Å²) >= 11 is 0. The van der Waals surface area contributed by atoms with Crippen LogP contribution in [-0.4, -0.2) is 26.1 Å². The van der Waals surface area contributed by atoms with Crippen LogP contribution in [-0.2, 0) is 24.6 Å². The Morgan fingerprint density at radius 1 is 0.800 bits per heavy atom. The first-order chi connectivity index (χ1) is 19.4. The average molecular weight is 547 g/mol. The number of hydrogen-bond acceptors (Lipinski definition) is 5. The lowest BCUT2D eigenvalue weighted by molar-refractivity contribution is -0.118. The standard InChI is InChI=1S/C32H32F2N2O4/c1-22(37)36-16-15-35-19-26-11-12-27(18-31(26)40-21-28-29(33)13-14-30(38-2)32(28)34)39-20-23-7-6-10-25(17-23)24-8-4-3-5-9-24/h3-14,17-18,35H,15-16,19-21H2,1-2H3,(H,36,37). The topological polar surface area (TPSA) is 68.8 Å². The molecular formula is C32H32F2N2O4. The van der Waals surface area contributed by atoms with Crippen LogP contribution in [0, 0.1) is 11.6 Å². The number of halogens is 2. The van der Waals surface area contributed by atoms with Gasteiger partial charge < -0.3 is 24.8 Å². The summed E-state index contributed by atoms with van der Waals surface area (Å²) in [6, 6.07) is 26.0. The van der Waals surface area contributed by atoms with Crippen LogP contribution in [0.25, 0.3) is 11.1 Å². The van der Waals surface area contributed by atoms with E-state index in [4.69, 9.17) is 14.2 Å². The second-order valence-electron chi connectivity index (χ2n) is 9.12. The van der Waals surface area contributed by atoms with Gasteiger partial charge in [0, 0.05) is 38.2 Å². The molecule has 0 radical (unpaired) electrons. The van der Waals surface area contributed by atoms with Crippen molar-refractivity contribution >= 4 is 5.91 Å². The van der Waals surface area contributed by atoms with Crippen molar-refractivity contribution in [3.8, 4) is 28.4 Å². The summed E-state index contributed by atoms with van der Waals surface area (Å²) < 4.78 is 46.1. The maximum absolute atomic E-state index is 14.7. The third kappa shape index (κ3) is 7.80. The number of hydrogen-bond donors (Lipinski definition) is 2. The van der Waals surface area contributed by atoms with Crippen molar-refractivity contribution in [3.05, 3.63) is 113 Å². The molecule has 4 aromatic carbocycles. The van der Waals surface area contributed by atoms with Crippen molar-refractivity contribution in [2.24, 2.45) is 0 Å². The highest BCUT2D eigenvalue weighted by atomic mass is 19.1. The summed E-state index contributed by atoms with van der Waals surface area (Å²) in [7, 11) is 1.32. The van der Waals surface area contributed by atoms with Gasteiger partial charge in [0.05, 0.1) is 12.7 Å². The number of carbonyl (C=O) groups excluding carboxylic acids is 1. The lowest BCUT2D eigenvalue weighted by Gasteiger charge is -2.16. The van der Waals surface area contributed by atoms with E-state index in [9.17, 15) is 13.6 Å². The number of benzene rings is 4. The molecule has 0 saturated carbocycles. The first kappa shape index (κ1) is 28.6. The minimum atomic E-state index is -0.803. The van der Waals surface area contributed by atoms with Crippen molar-refractivity contribution in [2.75, 3.05) is 20.2 Å². The molecule has 0 fully saturated rings. The summed E-state index contributed by atoms with van der Waals surface area (Å²) in [5.74, 6) is -0.723. The predicted octanol–water partition coefficient (Wildman–Crippen LogP) is 6.02. The smallest absolute Gasteiger partial charge is 0.216 e. The summed E-state index contributed by atoms with van der Waals surface area (Å²) in [5.41, 5.74) is 3.74. The van der Waals surface area contributed by atoms with Gasteiger partial charge >= 0.3 is 0 Å². The molecule has 1 amide bonds. The van der Waals surface area contributed by atoms with Gasteiger partial charge in [0.1, 0.15) is 30.5 Å². The molecule has 6 nitrogen and oxygen atoms in total. The van der Waals surface area contributed by atoms with E-state index < -0.39 is 11.6 Å². The molecule has 4 rings (SSSR count). The Balaban J connectivity index is 1.49. The van der Waals surface area contributed by atoms with E-state index >= 15 is 0 Å². The van der Waals surface area contributed by atoms with Gasteiger partial charge in [-0.3, -0.25) is 4.79 Å². The average Bonchev–Trinajstić information content (AvgIpc) is 2.97. The highest BCUT2D eigenvalue weighted by Gasteiger charge is 2.16. The Morgan fingerprint density at radius 3 is 2.38 bits per heavy atom. The van der Waals surface area contributed by atoms with E-state index in [0.717, 1.165) is 28.3 Å². The number of rotatable bonds is 13. The van der Waals surface area contributed by atoms with Crippen molar-refractivity contribution in [3.63, 3.8) is 0 Å². The first-order valence-electron chi connectivity index (χ1n) is 12.9. The maximum atomic E-state index is 14.7. The SMILES string of the molecule is COc1ccc(F)c(COc2cc(OCc3cccc(-c4ccccc4)c3)ccc2CNCCNC(C)=O)c1F. The largest absolute Gasteiger partial charge is 0.494 e. The fraction of sp³-hybridized carbons (Fsp3) is 0.219. The van der Waals surface area contributed by atoms with Gasteiger partial charge in [0.2, 0.25) is 5.91 Å². The molecule has 208 valence electrons. The quantitative estimate of drug-likeness (QED) is 0.201. The summed E-state index contributed by atoms with van der Waals surface area (Å²) in [5, 5.41) is 5.96. The summed E-state index contributed by atoms with van der Waals surface area (Å²) in [4.78, 5) is 11.1. The normalized spacial score (nSPS) is 10.7. The van der Waals surface area contributed by atoms with Crippen LogP contribution < -0.4 is 24.8 Å². The Bertz CT molecular complexity index is 1430. The number of methoxy groups -OCH3 is 1. The number of amides is 1. The number of nitrogens with one attached hydrogen (secondary N) is 2. The minimum Gasteiger partial charge on any atom is -0.494 e. The van der Waals surface area contributed by atoms with Crippen molar-refractivity contribution in [1.29, 1.82) is 0 Å². The predicted molar refractivity (Wildman–Crippen MR) is 150 cm³/mol. The number of carbonyl (C=O) groups is 1. The molecule has 0 atom stereocenters. The molecule has 2 N–H and O–H groups in total. The van der Waals surface area contributed by atoms with Crippen molar-refractivity contribution in [1.82, 2.24) is 10.6 Å². The third-order valence-electron chi connectivity index (χ3n) is 6.21. The van der Waals surface area contributed by atoms with E-state index in [0.29, 0.717) is 37.7 Å². The highest BCUT2D eigenvalue weighted by molar-refractivity contribution is 5.72. The van der Waals surface area contributed by atoms with Crippen LogP contribution in [0.3, 0.4) is 0 Å². The van der Waals surface area contributed by atoms with Crippen LogP contribution in [0.5, 0.6) is 17.2 Å². The maximum Gasteiger partial charge on any atom is 0.216 e. The van der Waals surface area contributed by atoms with Gasteiger partial charge in [0.25, 0.3) is 0 Å². The lowest BCUT2D eigenvalue weighted by atomic mass is 10.0. The molecule has 0 aromatic heterocycles. The molecule has 0 aliphatic carbocycles. The molecular weight excluding hydrogens is 514 g/mol. The summed E-state index contributed by atoms with van der Waals surface area (Å²) in [6.45, 7) is 2.86. The second-order valence-corrected chi connectivity index (χ2v) is 9.12. The fourth-order valence-electron chi connectivity index (χ4n) is 4.11. The van der Waals surface area contributed by atoms with E-state index in [1.54, 1.807) is 6.07 Å². The molecule has 0 heterocycles. The van der Waals surface area contributed by atoms with E-state index in [1.807, 2.05) is 42.5 Å². The van der Waals surface area contributed by atoms with Gasteiger partial charge in [0.15, 0.2) is 11.6 Å². The molecule has 8 heteroatoms. The molecule has 0 unspecified atom stereocenters. The Hall–Kier alpha value is -4.43. The van der Waals surface area contributed by atoms with Crippen molar-refractivity contribution < 1.29 is 27.8 Å². The van der Waals surface area contributed by atoms with E-state index in [1.165, 1.54) is 20.1 Å². The van der Waals surface area contributed by atoms with Crippen LogP contribution >= 0.6 is 0 Å². The zero-order valence-electron chi connectivity index (χ0n) is 22.5. The van der Waals surface area contributed by atoms with Crippen LogP contribution in [0.4, 0.5) is 8.78 Å². The molecule has 0 bridgehead atoms. The van der Waals surface area contributed by atoms with Gasteiger partial charge in [-0.25, -0.2) is 8.78 Å². The Kier molecular flexibility index (Phi) is 10.1. The monoisotopic (exact) mass is 546 g/mol. The molecule has 4 aromatic rings. The van der Waals surface area contributed by atoms with Crippen LogP contribution in [0.15, 0.2) is 84.9 Å². The fourth-order valence-corrected chi connectivity index (χ4v) is 4.11. The van der Waals surface area contributed by atoms with E-state index in [-0.39, 0.29) is 23.8 Å². The zero-order valence-corrected chi connectivity index (χ0v) is 22.5. The Labute approximate surface area is 232 Å². The van der Waals surface area contributed by atoms with Crippen LogP contribution in [0.2, 0.25) is 0 Å². The van der Waals surface area contributed by atoms with Gasteiger partial charge in [-0.15, -0.1) is 0 Å². The van der Waals surface area contributed by atoms with E-state index in [2.05, 4.69) is 34.9 Å². The van der Waals surface area contributed by atoms with Crippen molar-refractivity contribution in [2.45, 2.75) is 26.7 Å². The molecule has 0 saturated heterocycles. The Morgan fingerprint density at radius 2 is 1.60 bits per heavy atom. The zero-order chi connectivity index (χ0) is 28.3. The van der Waals surface area contributed by atoms with Gasteiger partial charge in [-0.1, -0.05) is 54.6 Å². The molecule has 0 spiro atoms. The molecule has 40 heavy (non-hydrogen) atoms.